The summed E-state index contributed by atoms with van der Waals surface area (Å²) < 4.78 is 0. The van der Waals surface area contributed by atoms with E-state index < -0.39 is 0 Å². The van der Waals surface area contributed by atoms with E-state index in [9.17, 15) is 4.79 Å². The van der Waals surface area contributed by atoms with Crippen molar-refractivity contribution in [2.75, 3.05) is 19.6 Å². The maximum Gasteiger partial charge on any atom is 0.223 e. The Bertz CT molecular complexity index is 883. The molecule has 4 heteroatoms. The van der Waals surface area contributed by atoms with E-state index in [1.807, 2.05) is 19.1 Å². The van der Waals surface area contributed by atoms with Crippen LogP contribution in [-0.2, 0) is 4.79 Å². The van der Waals surface area contributed by atoms with Crippen molar-refractivity contribution >= 4 is 16.8 Å². The molecule has 1 aromatic heterocycles. The maximum atomic E-state index is 12.6. The summed E-state index contributed by atoms with van der Waals surface area (Å²) in [5.74, 6) is 0.786. The van der Waals surface area contributed by atoms with Crippen LogP contribution in [0.4, 0.5) is 0 Å². The minimum atomic E-state index is 0.0515. The van der Waals surface area contributed by atoms with E-state index in [-0.39, 0.29) is 17.7 Å². The van der Waals surface area contributed by atoms with E-state index in [0.29, 0.717) is 12.5 Å². The number of benzene rings is 2. The van der Waals surface area contributed by atoms with Crippen molar-refractivity contribution in [2.45, 2.75) is 12.8 Å². The van der Waals surface area contributed by atoms with Crippen LogP contribution in [0.1, 0.15) is 24.0 Å². The third-order valence-electron chi connectivity index (χ3n) is 5.61. The Balaban J connectivity index is 1.58. The van der Waals surface area contributed by atoms with Gasteiger partial charge in [0.15, 0.2) is 0 Å². The Morgan fingerprint density at radius 2 is 1.85 bits per heavy atom. The van der Waals surface area contributed by atoms with Crippen molar-refractivity contribution in [1.82, 2.24) is 15.6 Å². The molecule has 4 rings (SSSR count). The normalized spacial score (nSPS) is 16.8. The van der Waals surface area contributed by atoms with Gasteiger partial charge in [-0.05, 0) is 36.2 Å². The lowest BCUT2D eigenvalue weighted by Gasteiger charge is -2.32. The fraction of sp³-hybridized carbons (Fsp3) is 0.318. The Kier molecular flexibility index (Phi) is 4.76. The first-order valence-corrected chi connectivity index (χ1v) is 9.33. The first-order valence-electron chi connectivity index (χ1n) is 9.33. The van der Waals surface area contributed by atoms with E-state index >= 15 is 0 Å². The lowest BCUT2D eigenvalue weighted by Crippen LogP contribution is -2.50. The summed E-state index contributed by atoms with van der Waals surface area (Å²) >= 11 is 0. The van der Waals surface area contributed by atoms with Gasteiger partial charge >= 0.3 is 0 Å². The Labute approximate surface area is 154 Å². The number of amides is 1. The summed E-state index contributed by atoms with van der Waals surface area (Å²) in [6, 6.07) is 18.7. The summed E-state index contributed by atoms with van der Waals surface area (Å²) in [6.45, 7) is 4.53. The Morgan fingerprint density at radius 3 is 2.58 bits per heavy atom. The highest BCUT2D eigenvalue weighted by Crippen LogP contribution is 2.30. The molecule has 4 nitrogen and oxygen atoms in total. The lowest BCUT2D eigenvalue weighted by molar-refractivity contribution is -0.126. The van der Waals surface area contributed by atoms with Crippen LogP contribution in [-0.4, -0.2) is 30.5 Å². The zero-order valence-electron chi connectivity index (χ0n) is 15.0. The first kappa shape index (κ1) is 16.9. The number of H-pyrrole nitrogens is 1. The minimum absolute atomic E-state index is 0.0515. The fourth-order valence-corrected chi connectivity index (χ4v) is 3.72. The number of para-hydroxylation sites is 1. The standard InChI is InChI=1S/C22H25N3O/c1-15(17-11-23-12-17)22(26)25-13-19(16-7-3-2-4-8-16)20-14-24-21-10-6-5-9-18(20)21/h2-10,14-15,17,19,23-24H,11-13H2,1H3,(H,25,26). The summed E-state index contributed by atoms with van der Waals surface area (Å²) in [6.07, 6.45) is 2.08. The number of fused-ring (bicyclic) bond motifs is 1. The first-order chi connectivity index (χ1) is 12.7. The van der Waals surface area contributed by atoms with Crippen LogP contribution in [0.15, 0.2) is 60.8 Å². The molecule has 1 amide bonds. The molecule has 1 fully saturated rings. The largest absolute Gasteiger partial charge is 0.361 e. The average Bonchev–Trinajstić information content (AvgIpc) is 3.05. The molecule has 0 bridgehead atoms. The van der Waals surface area contributed by atoms with Crippen LogP contribution < -0.4 is 10.6 Å². The van der Waals surface area contributed by atoms with Gasteiger partial charge in [-0.1, -0.05) is 55.5 Å². The van der Waals surface area contributed by atoms with Gasteiger partial charge in [0, 0.05) is 35.5 Å². The van der Waals surface area contributed by atoms with Crippen molar-refractivity contribution in [1.29, 1.82) is 0 Å². The monoisotopic (exact) mass is 347 g/mol. The van der Waals surface area contributed by atoms with Crippen molar-refractivity contribution in [3.63, 3.8) is 0 Å². The zero-order valence-corrected chi connectivity index (χ0v) is 15.0. The highest BCUT2D eigenvalue weighted by molar-refractivity contribution is 5.84. The van der Waals surface area contributed by atoms with E-state index in [2.05, 4.69) is 64.3 Å². The van der Waals surface area contributed by atoms with E-state index in [0.717, 1.165) is 18.6 Å². The molecule has 0 spiro atoms. The molecule has 26 heavy (non-hydrogen) atoms. The second kappa shape index (κ2) is 7.34. The van der Waals surface area contributed by atoms with Crippen LogP contribution in [0.25, 0.3) is 10.9 Å². The number of rotatable bonds is 6. The van der Waals surface area contributed by atoms with Gasteiger partial charge in [0.05, 0.1) is 0 Å². The zero-order chi connectivity index (χ0) is 17.9. The molecule has 134 valence electrons. The van der Waals surface area contributed by atoms with Gasteiger partial charge in [-0.2, -0.15) is 0 Å². The summed E-state index contributed by atoms with van der Waals surface area (Å²) in [5.41, 5.74) is 3.57. The van der Waals surface area contributed by atoms with E-state index in [1.165, 1.54) is 16.5 Å². The molecule has 2 unspecified atom stereocenters. The molecule has 3 aromatic rings. The molecule has 0 saturated carbocycles. The predicted octanol–water partition coefficient (Wildman–Crippen LogP) is 3.27. The quantitative estimate of drug-likeness (QED) is 0.641. The molecular formula is C22H25N3O. The van der Waals surface area contributed by atoms with Crippen LogP contribution in [0, 0.1) is 11.8 Å². The van der Waals surface area contributed by atoms with Crippen molar-refractivity contribution < 1.29 is 4.79 Å². The summed E-state index contributed by atoms with van der Waals surface area (Å²) in [4.78, 5) is 16.0. The highest BCUT2D eigenvalue weighted by Gasteiger charge is 2.29. The van der Waals surface area contributed by atoms with Crippen LogP contribution in [0.5, 0.6) is 0 Å². The third-order valence-corrected chi connectivity index (χ3v) is 5.61. The van der Waals surface area contributed by atoms with E-state index in [1.54, 1.807) is 0 Å². The van der Waals surface area contributed by atoms with Crippen molar-refractivity contribution in [2.24, 2.45) is 11.8 Å². The SMILES string of the molecule is CC(C(=O)NCC(c1ccccc1)c1c[nH]c2ccccc12)C1CNC1. The fourth-order valence-electron chi connectivity index (χ4n) is 3.72. The molecule has 0 radical (unpaired) electrons. The van der Waals surface area contributed by atoms with Gasteiger partial charge in [-0.15, -0.1) is 0 Å². The molecule has 3 N–H and O–H groups in total. The molecule has 2 atom stereocenters. The minimum Gasteiger partial charge on any atom is -0.361 e. The molecule has 1 aliphatic heterocycles. The Morgan fingerprint density at radius 1 is 1.12 bits per heavy atom. The summed E-state index contributed by atoms with van der Waals surface area (Å²) in [7, 11) is 0. The van der Waals surface area contributed by atoms with Crippen LogP contribution >= 0.6 is 0 Å². The molecule has 2 heterocycles. The second-order valence-electron chi connectivity index (χ2n) is 7.21. The molecular weight excluding hydrogens is 322 g/mol. The number of aromatic nitrogens is 1. The van der Waals surface area contributed by atoms with Gasteiger partial charge < -0.3 is 15.6 Å². The molecule has 1 aliphatic rings. The topological polar surface area (TPSA) is 56.9 Å². The van der Waals surface area contributed by atoms with Gasteiger partial charge in [0.2, 0.25) is 5.91 Å². The Hall–Kier alpha value is -2.59. The van der Waals surface area contributed by atoms with Crippen LogP contribution in [0.2, 0.25) is 0 Å². The molecule has 0 aliphatic carbocycles. The maximum absolute atomic E-state index is 12.6. The second-order valence-corrected chi connectivity index (χ2v) is 7.21. The van der Waals surface area contributed by atoms with Crippen molar-refractivity contribution in [3.05, 3.63) is 71.9 Å². The number of carbonyl (C=O) groups excluding carboxylic acids is 1. The third kappa shape index (κ3) is 3.25. The smallest absolute Gasteiger partial charge is 0.223 e. The molecule has 1 saturated heterocycles. The highest BCUT2D eigenvalue weighted by atomic mass is 16.1. The lowest BCUT2D eigenvalue weighted by atomic mass is 9.87. The van der Waals surface area contributed by atoms with E-state index in [4.69, 9.17) is 0 Å². The van der Waals surface area contributed by atoms with Gasteiger partial charge in [0.25, 0.3) is 0 Å². The number of carbonyl (C=O) groups is 1. The van der Waals surface area contributed by atoms with Gasteiger partial charge in [-0.3, -0.25) is 4.79 Å². The number of hydrogen-bond acceptors (Lipinski definition) is 2. The van der Waals surface area contributed by atoms with Gasteiger partial charge in [0.1, 0.15) is 0 Å². The van der Waals surface area contributed by atoms with Crippen molar-refractivity contribution in [3.8, 4) is 0 Å². The summed E-state index contributed by atoms with van der Waals surface area (Å²) in [5, 5.41) is 7.66. The number of nitrogens with one attached hydrogen (secondary N) is 3. The number of hydrogen-bond donors (Lipinski definition) is 3. The number of aromatic amines is 1. The predicted molar refractivity (Wildman–Crippen MR) is 105 cm³/mol. The molecule has 2 aromatic carbocycles. The van der Waals surface area contributed by atoms with Gasteiger partial charge in [-0.25, -0.2) is 0 Å². The van der Waals surface area contributed by atoms with Crippen LogP contribution in [0.3, 0.4) is 0 Å². The average molecular weight is 347 g/mol.